The number of amides is 2. The maximum atomic E-state index is 13.2. The average molecular weight is 530 g/mol. The lowest BCUT2D eigenvalue weighted by molar-refractivity contribution is -0.138. The van der Waals surface area contributed by atoms with E-state index in [1.165, 1.54) is 48.8 Å². The lowest BCUT2D eigenvalue weighted by Crippen LogP contribution is -2.51. The summed E-state index contributed by atoms with van der Waals surface area (Å²) in [6.45, 7) is 0.592. The average Bonchev–Trinajstić information content (AvgIpc) is 3.37. The summed E-state index contributed by atoms with van der Waals surface area (Å²) in [5.41, 5.74) is 4.56. The molecule has 0 aliphatic carbocycles. The van der Waals surface area contributed by atoms with E-state index in [2.05, 4.69) is 71.0 Å². The van der Waals surface area contributed by atoms with E-state index in [9.17, 15) is 14.7 Å². The van der Waals surface area contributed by atoms with Crippen LogP contribution in [0.3, 0.4) is 0 Å². The van der Waals surface area contributed by atoms with Crippen LogP contribution < -0.4 is 5.32 Å². The summed E-state index contributed by atoms with van der Waals surface area (Å²) in [6, 6.07) is 26.7. The van der Waals surface area contributed by atoms with Crippen molar-refractivity contribution in [1.82, 2.24) is 15.2 Å². The summed E-state index contributed by atoms with van der Waals surface area (Å²) in [4.78, 5) is 31.2. The smallest absolute Gasteiger partial charge is 0.247 e. The summed E-state index contributed by atoms with van der Waals surface area (Å²) < 4.78 is 0. The maximum Gasteiger partial charge on any atom is 0.247 e. The van der Waals surface area contributed by atoms with Crippen LogP contribution in [0.4, 0.5) is 0 Å². The van der Waals surface area contributed by atoms with Crippen LogP contribution in [0.2, 0.25) is 0 Å². The quantitative estimate of drug-likeness (QED) is 0.241. The Morgan fingerprint density at radius 1 is 0.875 bits per heavy atom. The van der Waals surface area contributed by atoms with Gasteiger partial charge in [-0.05, 0) is 68.8 Å². The first-order valence-electron chi connectivity index (χ1n) is 14.0. The fraction of sp³-hybridized carbons (Fsp3) is 0.235. The van der Waals surface area contributed by atoms with E-state index in [-0.39, 0.29) is 18.2 Å². The topological polar surface area (TPSA) is 85.4 Å². The Bertz CT molecular complexity index is 1870. The number of aromatic amines is 1. The van der Waals surface area contributed by atoms with Gasteiger partial charge in [-0.1, -0.05) is 72.8 Å². The van der Waals surface area contributed by atoms with Gasteiger partial charge in [0.05, 0.1) is 13.2 Å². The number of para-hydroxylation sites is 1. The fourth-order valence-electron chi connectivity index (χ4n) is 6.51. The molecule has 0 bridgehead atoms. The van der Waals surface area contributed by atoms with Gasteiger partial charge in [0.15, 0.2) is 0 Å². The molecule has 1 aliphatic heterocycles. The van der Waals surface area contributed by atoms with Gasteiger partial charge in [-0.3, -0.25) is 9.59 Å². The molecule has 0 radical (unpaired) electrons. The Labute approximate surface area is 231 Å². The number of rotatable bonds is 7. The molecule has 0 fully saturated rings. The number of aryl methyl sites for hydroxylation is 1. The van der Waals surface area contributed by atoms with E-state index in [4.69, 9.17) is 0 Å². The molecule has 200 valence electrons. The van der Waals surface area contributed by atoms with Crippen LogP contribution in [0.25, 0.3) is 43.2 Å². The fourth-order valence-corrected chi connectivity index (χ4v) is 6.51. The predicted octanol–water partition coefficient (Wildman–Crippen LogP) is 5.45. The second kappa shape index (κ2) is 9.96. The molecule has 1 aromatic heterocycles. The third-order valence-electron chi connectivity index (χ3n) is 8.48. The monoisotopic (exact) mass is 529 g/mol. The molecule has 0 unspecified atom stereocenters. The van der Waals surface area contributed by atoms with Gasteiger partial charge in [0.25, 0.3) is 0 Å². The van der Waals surface area contributed by atoms with Gasteiger partial charge in [-0.2, -0.15) is 0 Å². The number of H-pyrrole nitrogens is 1. The van der Waals surface area contributed by atoms with Crippen molar-refractivity contribution in [1.29, 1.82) is 0 Å². The number of carbonyl (C=O) groups is 2. The van der Waals surface area contributed by atoms with Crippen molar-refractivity contribution >= 4 is 55.0 Å². The number of nitrogens with one attached hydrogen (secondary N) is 2. The highest BCUT2D eigenvalue weighted by molar-refractivity contribution is 6.23. The molecule has 0 saturated heterocycles. The molecule has 2 heterocycles. The van der Waals surface area contributed by atoms with Gasteiger partial charge >= 0.3 is 0 Å². The van der Waals surface area contributed by atoms with Crippen molar-refractivity contribution in [3.05, 3.63) is 95.7 Å². The minimum absolute atomic E-state index is 0.214. The van der Waals surface area contributed by atoms with Gasteiger partial charge in [0.2, 0.25) is 11.8 Å². The van der Waals surface area contributed by atoms with Gasteiger partial charge in [0.1, 0.15) is 6.04 Å². The second-order valence-corrected chi connectivity index (χ2v) is 10.9. The molecule has 0 saturated carbocycles. The number of fused-ring (bicyclic) bond motifs is 3. The van der Waals surface area contributed by atoms with E-state index in [1.54, 1.807) is 4.90 Å². The summed E-state index contributed by atoms with van der Waals surface area (Å²) >= 11 is 0. The lowest BCUT2D eigenvalue weighted by atomic mass is 9.90. The largest absolute Gasteiger partial charge is 0.394 e. The zero-order valence-electron chi connectivity index (χ0n) is 22.2. The molecular formula is C34H31N3O3. The highest BCUT2D eigenvalue weighted by Crippen LogP contribution is 2.36. The zero-order valence-corrected chi connectivity index (χ0v) is 22.2. The van der Waals surface area contributed by atoms with Crippen molar-refractivity contribution in [2.24, 2.45) is 0 Å². The van der Waals surface area contributed by atoms with Crippen molar-refractivity contribution in [3.8, 4) is 0 Å². The molecule has 6 nitrogen and oxygen atoms in total. The normalized spacial score (nSPS) is 14.3. The number of hydrogen-bond donors (Lipinski definition) is 3. The van der Waals surface area contributed by atoms with Gasteiger partial charge in [0, 0.05) is 29.6 Å². The molecule has 1 atom stereocenters. The van der Waals surface area contributed by atoms with Gasteiger partial charge in [-0.25, -0.2) is 0 Å². The highest BCUT2D eigenvalue weighted by Gasteiger charge is 2.29. The Kier molecular flexibility index (Phi) is 6.13. The molecule has 6 heteroatoms. The van der Waals surface area contributed by atoms with Crippen molar-refractivity contribution < 1.29 is 14.7 Å². The number of aliphatic hydroxyl groups excluding tert-OH is 1. The maximum absolute atomic E-state index is 13.2. The Balaban J connectivity index is 1.00. The van der Waals surface area contributed by atoms with Crippen LogP contribution in [0.5, 0.6) is 0 Å². The highest BCUT2D eigenvalue weighted by atomic mass is 16.3. The molecular weight excluding hydrogens is 498 g/mol. The number of nitrogens with zero attached hydrogens (tertiary/aromatic N) is 1. The zero-order chi connectivity index (χ0) is 27.2. The van der Waals surface area contributed by atoms with Gasteiger partial charge in [-0.15, -0.1) is 0 Å². The summed E-state index contributed by atoms with van der Waals surface area (Å²) in [7, 11) is 0. The number of aromatic nitrogens is 1. The second-order valence-electron chi connectivity index (χ2n) is 10.9. The molecule has 7 rings (SSSR count). The first kappa shape index (κ1) is 24.6. The van der Waals surface area contributed by atoms with Crippen molar-refractivity contribution in [2.45, 2.75) is 38.3 Å². The van der Waals surface area contributed by atoms with Gasteiger partial charge < -0.3 is 20.3 Å². The van der Waals surface area contributed by atoms with Crippen LogP contribution >= 0.6 is 0 Å². The minimum atomic E-state index is -0.937. The minimum Gasteiger partial charge on any atom is -0.394 e. The Morgan fingerprint density at radius 3 is 2.45 bits per heavy atom. The van der Waals surface area contributed by atoms with Crippen LogP contribution in [-0.4, -0.2) is 46.0 Å². The molecule has 3 N–H and O–H groups in total. The lowest BCUT2D eigenvalue weighted by Gasteiger charge is -2.30. The van der Waals surface area contributed by atoms with Crippen LogP contribution in [0.1, 0.15) is 29.7 Å². The van der Waals surface area contributed by atoms with Crippen LogP contribution in [0.15, 0.2) is 78.9 Å². The van der Waals surface area contributed by atoms with E-state index >= 15 is 0 Å². The molecule has 2 amide bonds. The molecule has 40 heavy (non-hydrogen) atoms. The van der Waals surface area contributed by atoms with E-state index < -0.39 is 12.6 Å². The predicted molar refractivity (Wildman–Crippen MR) is 160 cm³/mol. The molecule has 0 spiro atoms. The van der Waals surface area contributed by atoms with Crippen LogP contribution in [-0.2, 0) is 29.0 Å². The third-order valence-corrected chi connectivity index (χ3v) is 8.48. The number of carbonyl (C=O) groups excluding carboxylic acids is 2. The SMILES string of the molecule is O=C(CCCc1ccc2ccc3cccc4ccc1c2c34)N[C@@H](CO)C(=O)N1CCc2c([nH]c3ccccc23)C1. The summed E-state index contributed by atoms with van der Waals surface area (Å²) in [5, 5.41) is 21.5. The van der Waals surface area contributed by atoms with E-state index in [1.807, 2.05) is 18.2 Å². The van der Waals surface area contributed by atoms with E-state index in [0.717, 1.165) is 24.1 Å². The number of aliphatic hydroxyl groups is 1. The van der Waals surface area contributed by atoms with E-state index in [0.29, 0.717) is 19.5 Å². The third kappa shape index (κ3) is 4.16. The molecule has 6 aromatic rings. The van der Waals surface area contributed by atoms with Crippen molar-refractivity contribution in [3.63, 3.8) is 0 Å². The number of benzene rings is 5. The Morgan fingerprint density at radius 2 is 1.62 bits per heavy atom. The standard InChI is InChI=1S/C34H31N3O3/c38-20-30(34(40)37-18-17-27-26-8-1-2-9-28(26)35-29(27)19-37)36-31(39)10-4-5-21-11-12-24-14-13-22-6-3-7-23-15-16-25(21)33(24)32(22)23/h1-3,6-9,11-16,30,35,38H,4-5,10,17-20H2,(H,36,39)/t30-/m0/s1. The Hall–Kier alpha value is -4.42. The molecule has 1 aliphatic rings. The first-order chi connectivity index (χ1) is 19.6. The summed E-state index contributed by atoms with van der Waals surface area (Å²) in [5.74, 6) is -0.458. The number of hydrogen-bond acceptors (Lipinski definition) is 3. The van der Waals surface area contributed by atoms with Crippen molar-refractivity contribution in [2.75, 3.05) is 13.2 Å². The van der Waals surface area contributed by atoms with Crippen LogP contribution in [0, 0.1) is 0 Å². The molecule has 5 aromatic carbocycles. The summed E-state index contributed by atoms with van der Waals surface area (Å²) in [6.07, 6.45) is 2.45. The first-order valence-corrected chi connectivity index (χ1v) is 14.0.